The third kappa shape index (κ3) is 29.8. The van der Waals surface area contributed by atoms with Crippen LogP contribution in [0.3, 0.4) is 0 Å². The number of likely N-dealkylation sites (tertiary alicyclic amines) is 1. The van der Waals surface area contributed by atoms with E-state index in [1.165, 1.54) is 97.3 Å². The molecule has 692 valence electrons. The van der Waals surface area contributed by atoms with Crippen LogP contribution < -0.4 is 53.2 Å². The number of aldehydes is 2. The molecule has 1 fully saturated rings. The Balaban J connectivity index is 0.975. The van der Waals surface area contributed by atoms with Crippen molar-refractivity contribution in [2.24, 2.45) is 5.92 Å². The summed E-state index contributed by atoms with van der Waals surface area (Å²) < 4.78 is 0. The van der Waals surface area contributed by atoms with Crippen LogP contribution >= 0.6 is 11.8 Å². The van der Waals surface area contributed by atoms with Gasteiger partial charge in [0.2, 0.25) is 82.7 Å². The van der Waals surface area contributed by atoms with Gasteiger partial charge in [-0.2, -0.15) is 0 Å². The number of nitrogens with zero attached hydrogens (tertiary/aromatic N) is 6. The van der Waals surface area contributed by atoms with Crippen molar-refractivity contribution >= 4 is 124 Å². The number of benzene rings is 4. The number of aliphatic hydroxyl groups excluding tert-OH is 3. The number of aliphatic hydroxyl groups is 3. The molecule has 0 saturated carbocycles. The van der Waals surface area contributed by atoms with Gasteiger partial charge in [-0.25, -0.2) is 4.98 Å². The van der Waals surface area contributed by atoms with E-state index in [9.17, 15) is 102 Å². The van der Waals surface area contributed by atoms with Crippen LogP contribution in [0.2, 0.25) is 0 Å². The number of likely N-dealkylation sites (N-methyl/N-ethyl adjacent to an activating group) is 4. The van der Waals surface area contributed by atoms with E-state index in [2.05, 4.69) is 68.1 Å². The number of aromatic hydroxyl groups is 1. The van der Waals surface area contributed by atoms with E-state index >= 15 is 0 Å². The highest BCUT2D eigenvalue weighted by Gasteiger charge is 2.45. The fourth-order valence-electron chi connectivity index (χ4n) is 14.2. The Hall–Kier alpha value is -13.0. The third-order valence-electron chi connectivity index (χ3n) is 21.6. The average Bonchev–Trinajstić information content (AvgIpc) is 1.64. The highest BCUT2D eigenvalue weighted by molar-refractivity contribution is 8.00. The van der Waals surface area contributed by atoms with Crippen LogP contribution in [-0.4, -0.2) is 329 Å². The zero-order chi connectivity index (χ0) is 94.5. The highest BCUT2D eigenvalue weighted by Crippen LogP contribution is 2.25. The molecule has 0 bridgehead atoms. The molecular weight excluding hydrogens is 1680 g/mol. The Kier molecular flexibility index (Phi) is 38.8. The van der Waals surface area contributed by atoms with E-state index in [0.29, 0.717) is 40.4 Å². The van der Waals surface area contributed by atoms with Crippen LogP contribution in [0.5, 0.6) is 5.75 Å². The first-order valence-corrected chi connectivity index (χ1v) is 42.6. The van der Waals surface area contributed by atoms with Gasteiger partial charge in [0, 0.05) is 94.5 Å². The van der Waals surface area contributed by atoms with Gasteiger partial charge in [0.25, 0.3) is 0 Å². The molecule has 17 N–H and O–H groups in total. The summed E-state index contributed by atoms with van der Waals surface area (Å²) in [6.07, 6.45) is -1.24. The number of aromatic nitrogens is 3. The number of aromatic amines is 2. The molecule has 0 spiro atoms. The Morgan fingerprint density at radius 2 is 1.09 bits per heavy atom. The maximum atomic E-state index is 14.8. The summed E-state index contributed by atoms with van der Waals surface area (Å²) in [5.74, 6) is -15.2. The number of imidazole rings is 1. The number of carboxylic acids is 1. The molecule has 1 aliphatic heterocycles. The number of carboxylic acid groups (broad SMARTS) is 1. The van der Waals surface area contributed by atoms with Gasteiger partial charge >= 0.3 is 5.97 Å². The first-order valence-electron chi connectivity index (χ1n) is 41.5. The monoisotopic (exact) mass is 1800 g/mol. The van der Waals surface area contributed by atoms with Gasteiger partial charge in [0.05, 0.1) is 61.5 Å². The maximum absolute atomic E-state index is 14.8. The molecule has 4 aromatic carbocycles. The summed E-state index contributed by atoms with van der Waals surface area (Å²) in [6.45, 7) is 8.28. The minimum absolute atomic E-state index is 0.0785. The van der Waals surface area contributed by atoms with Crippen molar-refractivity contribution in [3.63, 3.8) is 0 Å². The predicted molar refractivity (Wildman–Crippen MR) is 467 cm³/mol. The summed E-state index contributed by atoms with van der Waals surface area (Å²) in [5.41, 5.74) is 3.54. The summed E-state index contributed by atoms with van der Waals surface area (Å²) in [4.78, 5) is 250. The Morgan fingerprint density at radius 1 is 0.531 bits per heavy atom. The lowest BCUT2D eigenvalue weighted by Crippen LogP contribution is -2.63. The van der Waals surface area contributed by atoms with Crippen molar-refractivity contribution < 1.29 is 107 Å². The van der Waals surface area contributed by atoms with Gasteiger partial charge in [-0.1, -0.05) is 105 Å². The summed E-state index contributed by atoms with van der Waals surface area (Å²) in [6, 6.07) is 11.1. The van der Waals surface area contributed by atoms with Gasteiger partial charge in [0.15, 0.2) is 0 Å². The number of H-pyrrole nitrogens is 2. The number of thioether (sulfide) groups is 1. The molecular formula is C87H116N18O22S. The number of hydrogen-bond acceptors (Lipinski definition) is 24. The van der Waals surface area contributed by atoms with Crippen LogP contribution in [0.15, 0.2) is 128 Å². The SMILES string of the molecule is CC(NC(=O)C1CC(O)CN1C(=O)C(NC(=O)C(NC(=O)C(Cc1ccc(O)cc1)NC(=O)C(Cc1cnc[nH]1)NC(=O)C(C)N(C)C(=O)C(C)NC(=O)C(Cc1ccccc1)N(C)C(=O)C(Cc1ccccc1)N(C)C)C(C)O)C(C)C)C(=O)NC(C=O)CSCC(=O)NC(Cc1c[nH]c2ccccc12)C(=O)NC(C(=O)N(C)CC(=O)NC(C=O)CC(=O)O)C(C)O. The predicted octanol–water partition coefficient (Wildman–Crippen LogP) is -2.95. The zero-order valence-electron chi connectivity index (χ0n) is 73.2. The minimum Gasteiger partial charge on any atom is -0.508 e. The molecule has 7 rings (SSSR count). The van der Waals surface area contributed by atoms with E-state index in [1.807, 2.05) is 36.4 Å². The molecule has 0 radical (unpaired) electrons. The largest absolute Gasteiger partial charge is 0.508 e. The Morgan fingerprint density at radius 3 is 1.66 bits per heavy atom. The van der Waals surface area contributed by atoms with E-state index < -0.39 is 217 Å². The lowest BCUT2D eigenvalue weighted by atomic mass is 10.00. The van der Waals surface area contributed by atoms with Crippen molar-refractivity contribution in [1.82, 2.24) is 92.6 Å². The first-order chi connectivity index (χ1) is 60.6. The number of phenols is 1. The number of fused-ring (bicyclic) bond motifs is 1. The Bertz CT molecular complexity index is 4850. The second kappa shape index (κ2) is 48.6. The number of para-hydroxylation sites is 1. The highest BCUT2D eigenvalue weighted by atomic mass is 32.2. The summed E-state index contributed by atoms with van der Waals surface area (Å²) in [5, 5.41) is 78.2. The van der Waals surface area contributed by atoms with Gasteiger partial charge < -0.3 is 118 Å². The van der Waals surface area contributed by atoms with Crippen LogP contribution in [0.1, 0.15) is 89.3 Å². The van der Waals surface area contributed by atoms with Crippen LogP contribution in [0.4, 0.5) is 0 Å². The van der Waals surface area contributed by atoms with E-state index in [1.54, 1.807) is 73.7 Å². The molecule has 2 aromatic heterocycles. The molecule has 3 heterocycles. The number of β-amino-alcohol motifs (C(OH)–C–C–N with tert-alkyl or cyclic N) is 1. The minimum atomic E-state index is -1.89. The normalized spacial score (nSPS) is 16.6. The molecule has 1 saturated heterocycles. The van der Waals surface area contributed by atoms with Crippen LogP contribution in [0.25, 0.3) is 10.9 Å². The van der Waals surface area contributed by atoms with Gasteiger partial charge in [-0.3, -0.25) is 76.8 Å². The van der Waals surface area contributed by atoms with Gasteiger partial charge in [-0.15, -0.1) is 11.8 Å². The molecule has 128 heavy (non-hydrogen) atoms. The van der Waals surface area contributed by atoms with Crippen molar-refractivity contribution in [2.45, 2.75) is 196 Å². The van der Waals surface area contributed by atoms with Crippen LogP contribution in [-0.2, 0) is 114 Å². The number of nitrogens with one attached hydrogen (secondary N) is 12. The fourth-order valence-corrected chi connectivity index (χ4v) is 15.0. The van der Waals surface area contributed by atoms with Crippen molar-refractivity contribution in [3.8, 4) is 5.75 Å². The third-order valence-corrected chi connectivity index (χ3v) is 22.7. The molecule has 0 aliphatic carbocycles. The van der Waals surface area contributed by atoms with Gasteiger partial charge in [0.1, 0.15) is 84.8 Å². The summed E-state index contributed by atoms with van der Waals surface area (Å²) in [7, 11) is 7.52. The second-order valence-electron chi connectivity index (χ2n) is 32.3. The number of amides is 14. The zero-order valence-corrected chi connectivity index (χ0v) is 74.0. The number of phenolic OH excluding ortho intramolecular Hbond substituents is 1. The number of hydrogen-bond donors (Lipinski definition) is 17. The molecule has 17 unspecified atom stereocenters. The van der Waals surface area contributed by atoms with Crippen molar-refractivity contribution in [3.05, 3.63) is 156 Å². The lowest BCUT2D eigenvalue weighted by molar-refractivity contribution is -0.145. The average molecular weight is 1800 g/mol. The fraction of sp³-hybridized carbons (Fsp3) is 0.471. The van der Waals surface area contributed by atoms with Crippen LogP contribution in [0, 0.1) is 5.92 Å². The summed E-state index contributed by atoms with van der Waals surface area (Å²) >= 11 is 0.847. The van der Waals surface area contributed by atoms with Crippen molar-refractivity contribution in [2.75, 3.05) is 59.8 Å². The lowest BCUT2D eigenvalue weighted by Gasteiger charge is -2.34. The van der Waals surface area contributed by atoms with E-state index in [0.717, 1.165) is 51.6 Å². The molecule has 40 nitrogen and oxygen atoms in total. The topological polar surface area (TPSA) is 572 Å². The molecule has 41 heteroatoms. The van der Waals surface area contributed by atoms with E-state index in [4.69, 9.17) is 5.11 Å². The standard InChI is InChI=1S/C87H116N18O22S/c1-47(2)73(87(127)105-40-61(111)37-68(105)82(122)91-48(3)76(116)94-59(43-107)44-128-45-71(113)95-65(34-56-38-89-63-26-20-19-25-62(56)63)80(120)100-75(52(7)109)86(126)102(10)41-70(112)93-58(42-106)36-72(114)115)98-83(123)74(51(6)108)99-79(119)64(31-55-27-29-60(110)30-28-55)97-78(118)66(35-57-39-88-46-90-57)96-77(117)50(5)103(11)84(124)49(4)92-81(121)67(32-53-21-15-13-16-22-53)104(12)85(125)69(101(8)9)33-54-23-17-14-18-24-54/h13-30,38-39,42-43,46-52,58-59,61,64-69,73-75,89,108-111H,31-37,40-41,44-45H2,1-12H3,(H,88,90)(H,91,122)(H,92,121)(H,93,112)(H,94,116)(H,95,113)(H,96,117)(H,97,118)(H,98,123)(H,99,119)(H,100,120)(H,114,115). The number of rotatable bonds is 48. The quantitative estimate of drug-likeness (QED) is 0.0170. The maximum Gasteiger partial charge on any atom is 0.305 e. The number of carbonyl (C=O) groups excluding carboxylic acids is 16. The molecule has 6 aromatic rings. The second-order valence-corrected chi connectivity index (χ2v) is 33.3. The smallest absolute Gasteiger partial charge is 0.305 e. The van der Waals surface area contributed by atoms with E-state index in [-0.39, 0.29) is 55.8 Å². The first kappa shape index (κ1) is 102. The van der Waals surface area contributed by atoms with Crippen molar-refractivity contribution in [1.29, 1.82) is 0 Å². The Labute approximate surface area is 743 Å². The molecule has 14 amide bonds. The molecule has 17 atom stereocenters. The number of aliphatic carboxylic acids is 1. The number of carbonyl (C=O) groups is 17. The molecule has 1 aliphatic rings. The van der Waals surface area contributed by atoms with Gasteiger partial charge in [-0.05, 0) is 102 Å².